The van der Waals surface area contributed by atoms with Crippen LogP contribution in [0.4, 0.5) is 0 Å². The lowest BCUT2D eigenvalue weighted by molar-refractivity contribution is 0.374. The number of aromatic nitrogens is 1. The van der Waals surface area contributed by atoms with Gasteiger partial charge < -0.3 is 9.47 Å². The molecule has 0 fully saturated rings. The van der Waals surface area contributed by atoms with E-state index in [9.17, 15) is 0 Å². The number of ether oxygens (including phenoxy) is 2. The van der Waals surface area contributed by atoms with Crippen molar-refractivity contribution in [3.63, 3.8) is 0 Å². The molecule has 5 heteroatoms. The summed E-state index contributed by atoms with van der Waals surface area (Å²) in [4.78, 5) is 4.01. The molecule has 0 spiro atoms. The van der Waals surface area contributed by atoms with Crippen LogP contribution in [0.25, 0.3) is 0 Å². The molecular weight excluding hydrogens is 242 g/mol. The van der Waals surface area contributed by atoms with Crippen molar-refractivity contribution in [2.24, 2.45) is 0 Å². The van der Waals surface area contributed by atoms with E-state index in [0.717, 1.165) is 0 Å². The highest BCUT2D eigenvalue weighted by molar-refractivity contribution is 5.48. The predicted octanol–water partition coefficient (Wildman–Crippen LogP) is 2.63. The number of rotatable bonds is 3. The Bertz CT molecular complexity index is 684. The molecule has 1 aromatic carbocycles. The Hall–Kier alpha value is -3.05. The maximum Gasteiger partial charge on any atom is 0.220 e. The highest BCUT2D eigenvalue weighted by Crippen LogP contribution is 2.31. The first-order chi connectivity index (χ1) is 9.26. The molecule has 5 nitrogen and oxygen atoms in total. The Morgan fingerprint density at radius 3 is 2.42 bits per heavy atom. The van der Waals surface area contributed by atoms with Crippen LogP contribution in [0.1, 0.15) is 11.1 Å². The van der Waals surface area contributed by atoms with Gasteiger partial charge in [0.25, 0.3) is 0 Å². The first-order valence-corrected chi connectivity index (χ1v) is 5.39. The van der Waals surface area contributed by atoms with E-state index >= 15 is 0 Å². The van der Waals surface area contributed by atoms with Crippen molar-refractivity contribution < 1.29 is 9.47 Å². The van der Waals surface area contributed by atoms with Crippen LogP contribution in [0.2, 0.25) is 0 Å². The van der Waals surface area contributed by atoms with E-state index in [2.05, 4.69) is 4.98 Å². The maximum absolute atomic E-state index is 8.81. The third-order valence-corrected chi connectivity index (χ3v) is 2.37. The van der Waals surface area contributed by atoms with E-state index in [1.807, 2.05) is 12.1 Å². The summed E-state index contributed by atoms with van der Waals surface area (Å²) in [6.45, 7) is 0. The molecule has 0 aliphatic heterocycles. The van der Waals surface area contributed by atoms with Gasteiger partial charge in [-0.3, -0.25) is 0 Å². The summed E-state index contributed by atoms with van der Waals surface area (Å²) in [5.41, 5.74) is 0.931. The number of methoxy groups -OCH3 is 1. The van der Waals surface area contributed by atoms with Crippen molar-refractivity contribution in [1.29, 1.82) is 10.5 Å². The second-order valence-corrected chi connectivity index (χ2v) is 3.57. The van der Waals surface area contributed by atoms with Crippen molar-refractivity contribution in [2.75, 3.05) is 7.11 Å². The Balaban J connectivity index is 2.33. The van der Waals surface area contributed by atoms with Crippen molar-refractivity contribution >= 4 is 0 Å². The Labute approximate surface area is 110 Å². The second kappa shape index (κ2) is 5.52. The van der Waals surface area contributed by atoms with E-state index in [-0.39, 0.29) is 0 Å². The minimum Gasteiger partial charge on any atom is -0.493 e. The summed E-state index contributed by atoms with van der Waals surface area (Å²) >= 11 is 0. The molecule has 0 N–H and O–H groups in total. The Morgan fingerprint density at radius 1 is 1.00 bits per heavy atom. The van der Waals surface area contributed by atoms with Crippen LogP contribution in [-0.4, -0.2) is 12.1 Å². The van der Waals surface area contributed by atoms with Crippen LogP contribution >= 0.6 is 0 Å². The maximum atomic E-state index is 8.81. The van der Waals surface area contributed by atoms with Crippen LogP contribution in [0.5, 0.6) is 17.4 Å². The fraction of sp³-hybridized carbons (Fsp3) is 0.0714. The first-order valence-electron chi connectivity index (χ1n) is 5.39. The van der Waals surface area contributed by atoms with Gasteiger partial charge in [-0.25, -0.2) is 4.98 Å². The highest BCUT2D eigenvalue weighted by Gasteiger charge is 2.08. The van der Waals surface area contributed by atoms with Crippen molar-refractivity contribution in [3.8, 4) is 29.5 Å². The number of nitriles is 2. The molecule has 1 heterocycles. The van der Waals surface area contributed by atoms with Crippen LogP contribution in [-0.2, 0) is 0 Å². The molecule has 0 atom stereocenters. The Morgan fingerprint density at radius 2 is 1.74 bits per heavy atom. The van der Waals surface area contributed by atoms with Gasteiger partial charge in [0.1, 0.15) is 0 Å². The summed E-state index contributed by atoms with van der Waals surface area (Å²) in [5, 5.41) is 17.6. The van der Waals surface area contributed by atoms with Crippen molar-refractivity contribution in [3.05, 3.63) is 47.7 Å². The lowest BCUT2D eigenvalue weighted by Crippen LogP contribution is -1.93. The average Bonchev–Trinajstić information content (AvgIpc) is 2.48. The second-order valence-electron chi connectivity index (χ2n) is 3.57. The summed E-state index contributed by atoms with van der Waals surface area (Å²) in [6.07, 6.45) is 1.49. The summed E-state index contributed by atoms with van der Waals surface area (Å²) in [5.74, 6) is 1.16. The predicted molar refractivity (Wildman–Crippen MR) is 66.7 cm³/mol. The number of nitrogens with zero attached hydrogens (tertiary/aromatic N) is 3. The van der Waals surface area contributed by atoms with Gasteiger partial charge >= 0.3 is 0 Å². The summed E-state index contributed by atoms with van der Waals surface area (Å²) < 4.78 is 10.7. The minimum atomic E-state index is 0.294. The molecule has 0 unspecified atom stereocenters. The topological polar surface area (TPSA) is 78.9 Å². The van der Waals surface area contributed by atoms with E-state index in [1.165, 1.54) is 19.4 Å². The smallest absolute Gasteiger partial charge is 0.220 e. The number of hydrogen-bond donors (Lipinski definition) is 0. The van der Waals surface area contributed by atoms with Gasteiger partial charge in [-0.05, 0) is 18.2 Å². The standard InChI is InChI=1S/C14H9N3O2/c1-18-13-6-10(8-15)2-3-12(13)19-14-7-11(9-16)4-5-17-14/h2-7H,1H3. The minimum absolute atomic E-state index is 0.294. The molecule has 2 aromatic rings. The molecule has 0 bridgehead atoms. The monoisotopic (exact) mass is 251 g/mol. The van der Waals surface area contributed by atoms with Crippen molar-refractivity contribution in [2.45, 2.75) is 0 Å². The van der Waals surface area contributed by atoms with Gasteiger partial charge in [0.2, 0.25) is 5.88 Å². The highest BCUT2D eigenvalue weighted by atomic mass is 16.5. The third-order valence-electron chi connectivity index (χ3n) is 2.37. The molecule has 0 saturated carbocycles. The molecule has 0 aliphatic rings. The van der Waals surface area contributed by atoms with Gasteiger partial charge in [-0.1, -0.05) is 0 Å². The lowest BCUT2D eigenvalue weighted by atomic mass is 10.2. The zero-order chi connectivity index (χ0) is 13.7. The molecule has 1 aromatic heterocycles. The summed E-state index contributed by atoms with van der Waals surface area (Å²) in [7, 11) is 1.49. The average molecular weight is 251 g/mol. The van der Waals surface area contributed by atoms with Crippen LogP contribution < -0.4 is 9.47 Å². The number of benzene rings is 1. The normalized spacial score (nSPS) is 9.21. The van der Waals surface area contributed by atoms with Gasteiger partial charge in [0.05, 0.1) is 30.4 Å². The SMILES string of the molecule is COc1cc(C#N)ccc1Oc1cc(C#N)ccn1. The zero-order valence-corrected chi connectivity index (χ0v) is 10.1. The van der Waals surface area contributed by atoms with Gasteiger partial charge in [0.15, 0.2) is 11.5 Å². The van der Waals surface area contributed by atoms with E-state index in [0.29, 0.717) is 28.5 Å². The van der Waals surface area contributed by atoms with Crippen LogP contribution in [0.3, 0.4) is 0 Å². The molecule has 19 heavy (non-hydrogen) atoms. The third kappa shape index (κ3) is 2.80. The molecular formula is C14H9N3O2. The van der Waals surface area contributed by atoms with Crippen LogP contribution in [0.15, 0.2) is 36.5 Å². The molecule has 0 radical (unpaired) electrons. The zero-order valence-electron chi connectivity index (χ0n) is 10.1. The van der Waals surface area contributed by atoms with Gasteiger partial charge in [0, 0.05) is 18.3 Å². The van der Waals surface area contributed by atoms with Crippen LogP contribution in [0, 0.1) is 22.7 Å². The largest absolute Gasteiger partial charge is 0.493 e. The molecule has 0 saturated heterocycles. The van der Waals surface area contributed by atoms with E-state index in [4.69, 9.17) is 20.0 Å². The Kier molecular flexibility index (Phi) is 3.61. The molecule has 0 aliphatic carbocycles. The van der Waals surface area contributed by atoms with Gasteiger partial charge in [-0.15, -0.1) is 0 Å². The fourth-order valence-electron chi connectivity index (χ4n) is 1.47. The lowest BCUT2D eigenvalue weighted by Gasteiger charge is -2.09. The van der Waals surface area contributed by atoms with E-state index in [1.54, 1.807) is 24.3 Å². The van der Waals surface area contributed by atoms with E-state index < -0.39 is 0 Å². The van der Waals surface area contributed by atoms with Gasteiger partial charge in [-0.2, -0.15) is 10.5 Å². The first kappa shape index (κ1) is 12.4. The van der Waals surface area contributed by atoms with Crippen molar-refractivity contribution in [1.82, 2.24) is 4.98 Å². The summed E-state index contributed by atoms with van der Waals surface area (Å²) in [6, 6.07) is 11.9. The molecule has 92 valence electrons. The number of pyridine rings is 1. The molecule has 2 rings (SSSR count). The number of hydrogen-bond acceptors (Lipinski definition) is 5. The fourth-order valence-corrected chi connectivity index (χ4v) is 1.47. The quantitative estimate of drug-likeness (QED) is 0.837. The molecule has 0 amide bonds.